The quantitative estimate of drug-likeness (QED) is 0.520. The molecule has 0 spiro atoms. The minimum Gasteiger partial charge on any atom is -0.341 e. The smallest absolute Gasteiger partial charge is 0.0717 e. The van der Waals surface area contributed by atoms with E-state index in [0.717, 1.165) is 51.6 Å². The number of rotatable bonds is 4. The summed E-state index contributed by atoms with van der Waals surface area (Å²) in [7, 11) is 0. The molecule has 0 radical (unpaired) electrons. The Morgan fingerprint density at radius 2 is 1.69 bits per heavy atom. The van der Waals surface area contributed by atoms with Crippen molar-refractivity contribution < 1.29 is 0 Å². The first-order valence-corrected chi connectivity index (χ1v) is 9.23. The number of halogens is 1. The Morgan fingerprint density at radius 3 is 2.38 bits per heavy atom. The van der Waals surface area contributed by atoms with Gasteiger partial charge in [-0.3, -0.25) is 4.98 Å². The SMILES string of the molecule is C=c1c2ccccc2c(=C)n1CCCc1cnc2ccc(C)cc2c1Cl. The first-order valence-electron chi connectivity index (χ1n) is 8.85. The van der Waals surface area contributed by atoms with Crippen molar-refractivity contribution in [3.8, 4) is 0 Å². The molecule has 2 heterocycles. The fraction of sp³-hybridized carbons (Fsp3) is 0.174. The van der Waals surface area contributed by atoms with Crippen molar-refractivity contribution >= 4 is 46.4 Å². The zero-order valence-electron chi connectivity index (χ0n) is 14.9. The van der Waals surface area contributed by atoms with E-state index in [0.29, 0.717) is 0 Å². The third-order valence-corrected chi connectivity index (χ3v) is 5.50. The zero-order valence-corrected chi connectivity index (χ0v) is 15.7. The Morgan fingerprint density at radius 1 is 1.00 bits per heavy atom. The van der Waals surface area contributed by atoms with E-state index in [2.05, 4.69) is 53.9 Å². The van der Waals surface area contributed by atoms with Gasteiger partial charge in [0.1, 0.15) is 0 Å². The second-order valence-electron chi connectivity index (χ2n) is 6.81. The number of pyridine rings is 1. The summed E-state index contributed by atoms with van der Waals surface area (Å²) in [5, 5.41) is 6.28. The van der Waals surface area contributed by atoms with Gasteiger partial charge in [0.2, 0.25) is 0 Å². The summed E-state index contributed by atoms with van der Waals surface area (Å²) >= 11 is 6.65. The summed E-state index contributed by atoms with van der Waals surface area (Å²) < 4.78 is 2.21. The molecule has 0 atom stereocenters. The van der Waals surface area contributed by atoms with E-state index in [4.69, 9.17) is 11.6 Å². The number of nitrogens with zero attached hydrogens (tertiary/aromatic N) is 2. The monoisotopic (exact) mass is 360 g/mol. The van der Waals surface area contributed by atoms with E-state index in [1.807, 2.05) is 24.4 Å². The average Bonchev–Trinajstić information content (AvgIpc) is 2.89. The van der Waals surface area contributed by atoms with E-state index < -0.39 is 0 Å². The topological polar surface area (TPSA) is 17.8 Å². The lowest BCUT2D eigenvalue weighted by atomic mass is 10.1. The molecule has 0 saturated heterocycles. The van der Waals surface area contributed by atoms with Crippen LogP contribution in [0, 0.1) is 6.92 Å². The van der Waals surface area contributed by atoms with Crippen molar-refractivity contribution in [2.45, 2.75) is 26.3 Å². The van der Waals surface area contributed by atoms with Crippen LogP contribution in [0.2, 0.25) is 5.02 Å². The Hall–Kier alpha value is -2.58. The number of hydrogen-bond donors (Lipinski definition) is 0. The van der Waals surface area contributed by atoms with Crippen molar-refractivity contribution in [2.75, 3.05) is 0 Å². The van der Waals surface area contributed by atoms with Crippen LogP contribution in [0.25, 0.3) is 34.8 Å². The summed E-state index contributed by atoms with van der Waals surface area (Å²) in [6, 6.07) is 14.5. The van der Waals surface area contributed by atoms with Crippen LogP contribution in [0.3, 0.4) is 0 Å². The Kier molecular flexibility index (Phi) is 4.29. The average molecular weight is 361 g/mol. The molecule has 3 heteroatoms. The van der Waals surface area contributed by atoms with Crippen LogP contribution in [-0.2, 0) is 13.0 Å². The molecule has 2 aromatic carbocycles. The van der Waals surface area contributed by atoms with Crippen molar-refractivity contribution in [2.24, 2.45) is 0 Å². The molecule has 0 saturated carbocycles. The van der Waals surface area contributed by atoms with Crippen molar-refractivity contribution in [1.29, 1.82) is 0 Å². The molecular formula is C23H21ClN2. The summed E-state index contributed by atoms with van der Waals surface area (Å²) in [5.74, 6) is 0. The molecule has 0 fully saturated rings. The van der Waals surface area contributed by atoms with E-state index in [-0.39, 0.29) is 0 Å². The number of aryl methyl sites for hydroxylation is 2. The van der Waals surface area contributed by atoms with Crippen LogP contribution >= 0.6 is 11.6 Å². The van der Waals surface area contributed by atoms with E-state index in [1.165, 1.54) is 16.3 Å². The van der Waals surface area contributed by atoms with E-state index in [1.54, 1.807) is 0 Å². The maximum atomic E-state index is 6.65. The summed E-state index contributed by atoms with van der Waals surface area (Å²) in [6.07, 6.45) is 3.75. The lowest BCUT2D eigenvalue weighted by molar-refractivity contribution is 0.623. The third kappa shape index (κ3) is 2.81. The highest BCUT2D eigenvalue weighted by molar-refractivity contribution is 6.36. The Bertz CT molecular complexity index is 1170. The molecule has 0 aliphatic rings. The highest BCUT2D eigenvalue weighted by atomic mass is 35.5. The van der Waals surface area contributed by atoms with Gasteiger partial charge in [-0.05, 0) is 37.5 Å². The van der Waals surface area contributed by atoms with Gasteiger partial charge in [-0.1, -0.05) is 60.7 Å². The molecule has 0 bridgehead atoms. The van der Waals surface area contributed by atoms with Gasteiger partial charge < -0.3 is 4.57 Å². The number of hydrogen-bond acceptors (Lipinski definition) is 1. The van der Waals surface area contributed by atoms with Crippen LogP contribution in [0.15, 0.2) is 48.7 Å². The molecule has 4 aromatic rings. The maximum Gasteiger partial charge on any atom is 0.0717 e. The molecule has 4 rings (SSSR count). The predicted molar refractivity (Wildman–Crippen MR) is 112 cm³/mol. The molecule has 0 amide bonds. The van der Waals surface area contributed by atoms with Gasteiger partial charge in [0.15, 0.2) is 0 Å². The lowest BCUT2D eigenvalue weighted by Gasteiger charge is -2.09. The molecule has 26 heavy (non-hydrogen) atoms. The fourth-order valence-electron chi connectivity index (χ4n) is 3.63. The van der Waals surface area contributed by atoms with Gasteiger partial charge in [-0.2, -0.15) is 0 Å². The highest BCUT2D eigenvalue weighted by Crippen LogP contribution is 2.27. The zero-order chi connectivity index (χ0) is 18.3. The highest BCUT2D eigenvalue weighted by Gasteiger charge is 2.08. The lowest BCUT2D eigenvalue weighted by Crippen LogP contribution is -2.25. The first kappa shape index (κ1) is 16.9. The van der Waals surface area contributed by atoms with Gasteiger partial charge >= 0.3 is 0 Å². The standard InChI is InChI=1S/C23H21ClN2/c1-15-10-11-22-21(13-15)23(24)18(14-25-22)7-6-12-26-16(2)19-8-4-5-9-20(19)17(26)3/h4-5,8-11,13-14H,2-3,6-7,12H2,1H3. The second-order valence-corrected chi connectivity index (χ2v) is 7.19. The Balaban J connectivity index is 1.59. The molecule has 130 valence electrons. The summed E-state index contributed by atoms with van der Waals surface area (Å²) in [6.45, 7) is 11.4. The molecule has 0 aliphatic heterocycles. The molecule has 2 aromatic heterocycles. The van der Waals surface area contributed by atoms with Gasteiger partial charge in [-0.25, -0.2) is 0 Å². The van der Waals surface area contributed by atoms with E-state index in [9.17, 15) is 0 Å². The van der Waals surface area contributed by atoms with Gasteiger partial charge in [0.05, 0.1) is 10.5 Å². The second kappa shape index (κ2) is 6.62. The number of aromatic nitrogens is 2. The molecular weight excluding hydrogens is 340 g/mol. The van der Waals surface area contributed by atoms with Crippen LogP contribution in [0.1, 0.15) is 17.5 Å². The normalized spacial score (nSPS) is 11.5. The summed E-state index contributed by atoms with van der Waals surface area (Å²) in [5.41, 5.74) is 3.24. The van der Waals surface area contributed by atoms with Crippen LogP contribution in [0.5, 0.6) is 0 Å². The molecule has 0 unspecified atom stereocenters. The fourth-order valence-corrected chi connectivity index (χ4v) is 3.92. The minimum absolute atomic E-state index is 0.820. The third-order valence-electron chi connectivity index (χ3n) is 5.06. The van der Waals surface area contributed by atoms with Crippen molar-refractivity contribution in [3.05, 3.63) is 75.5 Å². The number of benzene rings is 2. The predicted octanol–water partition coefficient (Wildman–Crippen LogP) is 4.60. The molecule has 0 N–H and O–H groups in total. The van der Waals surface area contributed by atoms with Gasteiger partial charge in [0.25, 0.3) is 0 Å². The first-order chi connectivity index (χ1) is 12.6. The molecule has 0 aliphatic carbocycles. The summed E-state index contributed by atoms with van der Waals surface area (Å²) in [4.78, 5) is 4.56. The minimum atomic E-state index is 0.820. The molecule has 2 nitrogen and oxygen atoms in total. The number of fused-ring (bicyclic) bond motifs is 2. The van der Waals surface area contributed by atoms with Crippen LogP contribution in [0.4, 0.5) is 0 Å². The largest absolute Gasteiger partial charge is 0.341 e. The van der Waals surface area contributed by atoms with Crippen LogP contribution < -0.4 is 10.7 Å². The van der Waals surface area contributed by atoms with E-state index >= 15 is 0 Å². The van der Waals surface area contributed by atoms with Gasteiger partial charge in [-0.15, -0.1) is 0 Å². The van der Waals surface area contributed by atoms with Gasteiger partial charge in [0, 0.05) is 39.6 Å². The maximum absolute atomic E-state index is 6.65. The van der Waals surface area contributed by atoms with Crippen molar-refractivity contribution in [3.63, 3.8) is 0 Å². The van der Waals surface area contributed by atoms with Crippen molar-refractivity contribution in [1.82, 2.24) is 9.55 Å². The Labute approximate surface area is 158 Å². The van der Waals surface area contributed by atoms with Crippen LogP contribution in [-0.4, -0.2) is 9.55 Å².